The Morgan fingerprint density at radius 2 is 2.28 bits per heavy atom. The molecule has 0 radical (unpaired) electrons. The van der Waals surface area contributed by atoms with Gasteiger partial charge < -0.3 is 20.5 Å². The van der Waals surface area contributed by atoms with E-state index in [4.69, 9.17) is 15.2 Å². The van der Waals surface area contributed by atoms with Gasteiger partial charge >= 0.3 is 0 Å². The fraction of sp³-hybridized carbons (Fsp3) is 0.923. The van der Waals surface area contributed by atoms with E-state index in [9.17, 15) is 4.79 Å². The summed E-state index contributed by atoms with van der Waals surface area (Å²) in [6, 6.07) is 0.000336. The molecule has 4 unspecified atom stereocenters. The van der Waals surface area contributed by atoms with Gasteiger partial charge in [-0.05, 0) is 26.7 Å². The van der Waals surface area contributed by atoms with Crippen molar-refractivity contribution >= 4 is 5.91 Å². The lowest BCUT2D eigenvalue weighted by molar-refractivity contribution is -0.142. The van der Waals surface area contributed by atoms with E-state index in [1.54, 1.807) is 7.11 Å². The molecule has 5 heteroatoms. The summed E-state index contributed by atoms with van der Waals surface area (Å²) >= 11 is 0. The molecule has 1 saturated carbocycles. The van der Waals surface area contributed by atoms with Crippen molar-refractivity contribution in [3.05, 3.63) is 0 Å². The monoisotopic (exact) mass is 256 g/mol. The second kappa shape index (κ2) is 5.15. The molecule has 2 rings (SSSR count). The van der Waals surface area contributed by atoms with Crippen LogP contribution in [0.2, 0.25) is 0 Å². The van der Waals surface area contributed by atoms with E-state index in [-0.39, 0.29) is 24.1 Å². The van der Waals surface area contributed by atoms with Gasteiger partial charge in [0.25, 0.3) is 0 Å². The SMILES string of the molecule is COC(C)(C)CC(=O)NC1C(N)C2CCCOC21. The van der Waals surface area contributed by atoms with Gasteiger partial charge in [-0.3, -0.25) is 4.79 Å². The van der Waals surface area contributed by atoms with E-state index in [1.807, 2.05) is 13.8 Å². The quantitative estimate of drug-likeness (QED) is 0.764. The van der Waals surface area contributed by atoms with Crippen LogP contribution in [0.1, 0.15) is 33.1 Å². The molecule has 0 aromatic rings. The molecule has 1 aliphatic heterocycles. The molecule has 0 bridgehead atoms. The summed E-state index contributed by atoms with van der Waals surface area (Å²) in [5.74, 6) is 0.398. The van der Waals surface area contributed by atoms with Crippen LogP contribution in [-0.2, 0) is 14.3 Å². The van der Waals surface area contributed by atoms with Crippen LogP contribution in [0.15, 0.2) is 0 Å². The number of fused-ring (bicyclic) bond motifs is 1. The van der Waals surface area contributed by atoms with E-state index in [0.29, 0.717) is 12.3 Å². The zero-order chi connectivity index (χ0) is 13.3. The Balaban J connectivity index is 1.84. The number of methoxy groups -OCH3 is 1. The van der Waals surface area contributed by atoms with Crippen LogP contribution < -0.4 is 11.1 Å². The van der Waals surface area contributed by atoms with Crippen molar-refractivity contribution < 1.29 is 14.3 Å². The van der Waals surface area contributed by atoms with Crippen LogP contribution in [0.5, 0.6) is 0 Å². The zero-order valence-corrected chi connectivity index (χ0v) is 11.4. The van der Waals surface area contributed by atoms with Crippen molar-refractivity contribution in [2.75, 3.05) is 13.7 Å². The fourth-order valence-corrected chi connectivity index (χ4v) is 2.82. The molecule has 0 aromatic carbocycles. The summed E-state index contributed by atoms with van der Waals surface area (Å²) < 4.78 is 10.9. The molecule has 1 amide bonds. The predicted octanol–water partition coefficient (Wildman–Crippen LogP) is 0.422. The number of carbonyl (C=O) groups excluding carboxylic acids is 1. The van der Waals surface area contributed by atoms with E-state index in [2.05, 4.69) is 5.32 Å². The third kappa shape index (κ3) is 2.68. The highest BCUT2D eigenvalue weighted by atomic mass is 16.5. The minimum Gasteiger partial charge on any atom is -0.378 e. The van der Waals surface area contributed by atoms with Crippen molar-refractivity contribution in [3.63, 3.8) is 0 Å². The van der Waals surface area contributed by atoms with Crippen molar-refractivity contribution in [1.29, 1.82) is 0 Å². The molecular weight excluding hydrogens is 232 g/mol. The highest BCUT2D eigenvalue weighted by molar-refractivity contribution is 5.77. The maximum atomic E-state index is 11.9. The van der Waals surface area contributed by atoms with E-state index in [1.165, 1.54) is 0 Å². The van der Waals surface area contributed by atoms with Gasteiger partial charge in [-0.2, -0.15) is 0 Å². The highest BCUT2D eigenvalue weighted by Gasteiger charge is 2.51. The first-order valence-electron chi connectivity index (χ1n) is 6.66. The minimum atomic E-state index is -0.440. The molecule has 3 N–H and O–H groups in total. The summed E-state index contributed by atoms with van der Waals surface area (Å²) in [4.78, 5) is 11.9. The van der Waals surface area contributed by atoms with Gasteiger partial charge in [0.15, 0.2) is 0 Å². The van der Waals surface area contributed by atoms with Gasteiger partial charge in [0, 0.05) is 25.7 Å². The van der Waals surface area contributed by atoms with Crippen LogP contribution in [0.4, 0.5) is 0 Å². The van der Waals surface area contributed by atoms with Crippen molar-refractivity contribution in [2.45, 2.75) is 56.9 Å². The molecule has 1 heterocycles. The minimum absolute atomic E-state index is 0.0186. The molecule has 1 aliphatic carbocycles. The summed E-state index contributed by atoms with van der Waals surface area (Å²) in [6.45, 7) is 4.57. The third-order valence-corrected chi connectivity index (χ3v) is 4.14. The second-order valence-electron chi connectivity index (χ2n) is 5.95. The topological polar surface area (TPSA) is 73.6 Å². The third-order valence-electron chi connectivity index (χ3n) is 4.14. The Morgan fingerprint density at radius 3 is 2.94 bits per heavy atom. The van der Waals surface area contributed by atoms with Gasteiger partial charge in [-0.25, -0.2) is 0 Å². The molecule has 1 saturated heterocycles. The zero-order valence-electron chi connectivity index (χ0n) is 11.4. The first-order chi connectivity index (χ1) is 8.44. The lowest BCUT2D eigenvalue weighted by Gasteiger charge is -2.52. The summed E-state index contributed by atoms with van der Waals surface area (Å²) in [5.41, 5.74) is 5.66. The van der Waals surface area contributed by atoms with Gasteiger partial charge in [-0.15, -0.1) is 0 Å². The number of nitrogens with one attached hydrogen (secondary N) is 1. The molecule has 2 fully saturated rings. The number of amides is 1. The van der Waals surface area contributed by atoms with E-state index in [0.717, 1.165) is 19.4 Å². The van der Waals surface area contributed by atoms with Crippen molar-refractivity contribution in [1.82, 2.24) is 5.32 Å². The Labute approximate surface area is 108 Å². The molecule has 5 nitrogen and oxygen atoms in total. The summed E-state index contributed by atoms with van der Waals surface area (Å²) in [7, 11) is 1.61. The van der Waals surface area contributed by atoms with Gasteiger partial charge in [0.05, 0.1) is 24.2 Å². The molecule has 104 valence electrons. The summed E-state index contributed by atoms with van der Waals surface area (Å²) in [6.07, 6.45) is 2.64. The molecule has 2 aliphatic rings. The number of ether oxygens (including phenoxy) is 2. The lowest BCUT2D eigenvalue weighted by atomic mass is 9.68. The van der Waals surface area contributed by atoms with Gasteiger partial charge in [0.1, 0.15) is 0 Å². The molecule has 4 atom stereocenters. The summed E-state index contributed by atoms with van der Waals surface area (Å²) in [5, 5.41) is 2.99. The number of carbonyl (C=O) groups is 1. The molecule has 0 aromatic heterocycles. The van der Waals surface area contributed by atoms with E-state index < -0.39 is 5.60 Å². The smallest absolute Gasteiger partial charge is 0.223 e. The molecule has 18 heavy (non-hydrogen) atoms. The van der Waals surface area contributed by atoms with Crippen molar-refractivity contribution in [3.8, 4) is 0 Å². The first kappa shape index (κ1) is 13.8. The van der Waals surface area contributed by atoms with Gasteiger partial charge in [0.2, 0.25) is 5.91 Å². The van der Waals surface area contributed by atoms with Crippen LogP contribution in [0.25, 0.3) is 0 Å². The van der Waals surface area contributed by atoms with E-state index >= 15 is 0 Å². The predicted molar refractivity (Wildman–Crippen MR) is 68.1 cm³/mol. The molecular formula is C13H24N2O3. The number of rotatable bonds is 4. The normalized spacial score (nSPS) is 35.6. The second-order valence-corrected chi connectivity index (χ2v) is 5.95. The Kier molecular flexibility index (Phi) is 3.94. The maximum Gasteiger partial charge on any atom is 0.223 e. The maximum absolute atomic E-state index is 11.9. The number of hydrogen-bond acceptors (Lipinski definition) is 4. The Bertz CT molecular complexity index is 319. The Morgan fingerprint density at radius 1 is 1.56 bits per heavy atom. The number of nitrogens with two attached hydrogens (primary N) is 1. The largest absolute Gasteiger partial charge is 0.378 e. The Hall–Kier alpha value is -0.650. The highest BCUT2D eigenvalue weighted by Crippen LogP contribution is 2.37. The average Bonchev–Trinajstić information content (AvgIpc) is 2.35. The van der Waals surface area contributed by atoms with Crippen LogP contribution in [-0.4, -0.2) is 43.4 Å². The van der Waals surface area contributed by atoms with Gasteiger partial charge in [-0.1, -0.05) is 0 Å². The average molecular weight is 256 g/mol. The molecule has 0 spiro atoms. The van der Waals surface area contributed by atoms with Crippen LogP contribution in [0.3, 0.4) is 0 Å². The van der Waals surface area contributed by atoms with Crippen LogP contribution >= 0.6 is 0 Å². The first-order valence-corrected chi connectivity index (χ1v) is 6.66. The number of hydrogen-bond donors (Lipinski definition) is 2. The lowest BCUT2D eigenvalue weighted by Crippen LogP contribution is -2.72. The van der Waals surface area contributed by atoms with Crippen molar-refractivity contribution in [2.24, 2.45) is 11.7 Å². The standard InChI is InChI=1S/C13H24N2O3/c1-13(2,17-3)7-9(16)15-11-10(14)8-5-4-6-18-12(8)11/h8,10-12H,4-7,14H2,1-3H3,(H,15,16). The fourth-order valence-electron chi connectivity index (χ4n) is 2.82. The van der Waals surface area contributed by atoms with Crippen LogP contribution in [0, 0.1) is 5.92 Å².